The highest BCUT2D eigenvalue weighted by atomic mass is 16.6. The summed E-state index contributed by atoms with van der Waals surface area (Å²) in [7, 11) is 0. The molecule has 3 N–H and O–H groups in total. The second-order valence-corrected chi connectivity index (χ2v) is 8.00. The summed E-state index contributed by atoms with van der Waals surface area (Å²) in [6.45, 7) is 8.42. The summed E-state index contributed by atoms with van der Waals surface area (Å²) in [6, 6.07) is -0.191. The fourth-order valence-electron chi connectivity index (χ4n) is 3.66. The topological polar surface area (TPSA) is 117 Å². The normalized spacial score (nSPS) is 26.3. The molecule has 2 aliphatic heterocycles. The van der Waals surface area contributed by atoms with Crippen LogP contribution in [0.2, 0.25) is 0 Å². The zero-order valence-corrected chi connectivity index (χ0v) is 17.1. The molecule has 28 heavy (non-hydrogen) atoms. The zero-order chi connectivity index (χ0) is 21.3. The van der Waals surface area contributed by atoms with Gasteiger partial charge in [-0.3, -0.25) is 4.90 Å². The van der Waals surface area contributed by atoms with Gasteiger partial charge in [0.1, 0.15) is 18.3 Å². The Kier molecular flexibility index (Phi) is 6.70. The Balaban J connectivity index is 2.06. The van der Waals surface area contributed by atoms with Crippen molar-refractivity contribution in [1.82, 2.24) is 4.90 Å². The van der Waals surface area contributed by atoms with Crippen LogP contribution in [0.3, 0.4) is 0 Å². The summed E-state index contributed by atoms with van der Waals surface area (Å²) in [5.41, 5.74) is -3.06. The van der Waals surface area contributed by atoms with E-state index in [-0.39, 0.29) is 24.7 Å². The second-order valence-electron chi connectivity index (χ2n) is 8.00. The third-order valence-corrected chi connectivity index (χ3v) is 5.65. The van der Waals surface area contributed by atoms with Gasteiger partial charge in [-0.25, -0.2) is 9.59 Å². The lowest BCUT2D eigenvalue weighted by molar-refractivity contribution is -0.213. The number of carbonyl (C=O) groups excluding carboxylic acids is 2. The highest BCUT2D eigenvalue weighted by molar-refractivity contribution is 5.87. The van der Waals surface area contributed by atoms with Crippen LogP contribution in [-0.4, -0.2) is 81.3 Å². The van der Waals surface area contributed by atoms with Gasteiger partial charge in [0, 0.05) is 18.7 Å². The zero-order valence-electron chi connectivity index (χ0n) is 17.1. The number of aliphatic hydroxyl groups excluding tert-OH is 1. The van der Waals surface area contributed by atoms with Gasteiger partial charge < -0.3 is 24.8 Å². The standard InChI is InChI=1S/C20H31NO7/c1-6-12(2)17(23)28-15-8-10-21-9-7-14(16(15)21)11-27-18(24)20(26,13(3)22)19(4,5)25/h6-7,13,15-16,22,25-26H,8-11H2,1-5H3/b12-6-/t13-,15-,16+,20?/m0/s1. The number of allylic oxidation sites excluding steroid dienone is 1. The number of aliphatic hydroxyl groups is 3. The van der Waals surface area contributed by atoms with Crippen LogP contribution in [0.5, 0.6) is 0 Å². The SMILES string of the molecule is C/C=C(/C)C(=O)O[C@H]1CCN2CC=C(COC(=O)C(O)([C@H](C)O)C(C)(C)O)[C@H]12. The van der Waals surface area contributed by atoms with Crippen LogP contribution in [-0.2, 0) is 19.1 Å². The number of fused-ring (bicyclic) bond motifs is 1. The first kappa shape index (κ1) is 22.5. The van der Waals surface area contributed by atoms with Crippen molar-refractivity contribution >= 4 is 11.9 Å². The Morgan fingerprint density at radius 3 is 2.57 bits per heavy atom. The van der Waals surface area contributed by atoms with E-state index >= 15 is 0 Å². The van der Waals surface area contributed by atoms with E-state index in [1.54, 1.807) is 19.9 Å². The molecule has 0 saturated carbocycles. The van der Waals surface area contributed by atoms with Crippen LogP contribution < -0.4 is 0 Å². The maximum atomic E-state index is 12.5. The number of nitrogens with zero attached hydrogens (tertiary/aromatic N) is 1. The highest BCUT2D eigenvalue weighted by Crippen LogP contribution is 2.33. The molecule has 1 saturated heterocycles. The summed E-state index contributed by atoms with van der Waals surface area (Å²) in [5.74, 6) is -1.48. The molecule has 158 valence electrons. The third-order valence-electron chi connectivity index (χ3n) is 5.65. The van der Waals surface area contributed by atoms with Crippen molar-refractivity contribution in [2.75, 3.05) is 19.7 Å². The van der Waals surface area contributed by atoms with Gasteiger partial charge in [-0.05, 0) is 46.6 Å². The van der Waals surface area contributed by atoms with E-state index in [0.717, 1.165) is 12.1 Å². The Morgan fingerprint density at radius 2 is 2.04 bits per heavy atom. The van der Waals surface area contributed by atoms with Crippen molar-refractivity contribution in [3.63, 3.8) is 0 Å². The van der Waals surface area contributed by atoms with Crippen LogP contribution in [0.25, 0.3) is 0 Å². The lowest BCUT2D eigenvalue weighted by Gasteiger charge is -2.38. The number of hydrogen-bond donors (Lipinski definition) is 3. The van der Waals surface area contributed by atoms with Gasteiger partial charge in [-0.2, -0.15) is 0 Å². The molecule has 0 aromatic heterocycles. The Hall–Kier alpha value is -1.74. The van der Waals surface area contributed by atoms with Crippen molar-refractivity contribution in [2.45, 2.75) is 70.5 Å². The summed E-state index contributed by atoms with van der Waals surface area (Å²) in [6.07, 6.45) is 2.40. The molecule has 0 bridgehead atoms. The molecule has 0 spiro atoms. The van der Waals surface area contributed by atoms with Crippen LogP contribution >= 0.6 is 0 Å². The summed E-state index contributed by atoms with van der Waals surface area (Å²) < 4.78 is 10.9. The number of ether oxygens (including phenoxy) is 2. The van der Waals surface area contributed by atoms with E-state index in [2.05, 4.69) is 4.90 Å². The monoisotopic (exact) mass is 397 g/mol. The average Bonchev–Trinajstić information content (AvgIpc) is 3.20. The molecule has 8 heteroatoms. The van der Waals surface area contributed by atoms with Gasteiger partial charge in [-0.1, -0.05) is 12.2 Å². The third kappa shape index (κ3) is 4.15. The van der Waals surface area contributed by atoms with E-state index in [4.69, 9.17) is 9.47 Å². The van der Waals surface area contributed by atoms with Gasteiger partial charge in [-0.15, -0.1) is 0 Å². The minimum Gasteiger partial charge on any atom is -0.459 e. The van der Waals surface area contributed by atoms with Crippen molar-refractivity contribution in [3.05, 3.63) is 23.3 Å². The molecule has 2 rings (SSSR count). The highest BCUT2D eigenvalue weighted by Gasteiger charge is 2.54. The largest absolute Gasteiger partial charge is 0.459 e. The van der Waals surface area contributed by atoms with Crippen molar-refractivity contribution < 1.29 is 34.4 Å². The fraction of sp³-hybridized carbons (Fsp3) is 0.700. The van der Waals surface area contributed by atoms with Crippen molar-refractivity contribution in [2.24, 2.45) is 0 Å². The molecular formula is C20H31NO7. The molecule has 1 unspecified atom stereocenters. The van der Waals surface area contributed by atoms with Gasteiger partial charge in [0.25, 0.3) is 0 Å². The molecule has 0 amide bonds. The van der Waals surface area contributed by atoms with E-state index in [0.29, 0.717) is 18.5 Å². The first-order valence-corrected chi connectivity index (χ1v) is 9.50. The predicted octanol–water partition coefficient (Wildman–Crippen LogP) is 0.305. The Morgan fingerprint density at radius 1 is 1.39 bits per heavy atom. The van der Waals surface area contributed by atoms with E-state index in [1.807, 2.05) is 6.08 Å². The maximum Gasteiger partial charge on any atom is 0.344 e. The molecule has 2 aliphatic rings. The summed E-state index contributed by atoms with van der Waals surface area (Å²) >= 11 is 0. The van der Waals surface area contributed by atoms with E-state index in [9.17, 15) is 24.9 Å². The van der Waals surface area contributed by atoms with Crippen molar-refractivity contribution in [1.29, 1.82) is 0 Å². The molecule has 4 atom stereocenters. The van der Waals surface area contributed by atoms with Crippen LogP contribution in [0.15, 0.2) is 23.3 Å². The minimum atomic E-state index is -2.46. The average molecular weight is 397 g/mol. The number of carbonyl (C=O) groups is 2. The second kappa shape index (κ2) is 8.32. The molecule has 8 nitrogen and oxygen atoms in total. The lowest BCUT2D eigenvalue weighted by atomic mass is 9.81. The summed E-state index contributed by atoms with van der Waals surface area (Å²) in [5, 5.41) is 30.5. The summed E-state index contributed by atoms with van der Waals surface area (Å²) in [4.78, 5) is 26.7. The molecule has 0 aromatic carbocycles. The fourth-order valence-corrected chi connectivity index (χ4v) is 3.66. The molecule has 1 fully saturated rings. The Labute approximate surface area is 165 Å². The van der Waals surface area contributed by atoms with Gasteiger partial charge >= 0.3 is 11.9 Å². The molecule has 0 radical (unpaired) electrons. The first-order chi connectivity index (χ1) is 12.9. The van der Waals surface area contributed by atoms with Crippen LogP contribution in [0.1, 0.15) is 41.0 Å². The van der Waals surface area contributed by atoms with Crippen molar-refractivity contribution in [3.8, 4) is 0 Å². The quantitative estimate of drug-likeness (QED) is 0.319. The minimum absolute atomic E-state index is 0.123. The number of hydrogen-bond acceptors (Lipinski definition) is 8. The molecule has 2 heterocycles. The van der Waals surface area contributed by atoms with Crippen LogP contribution in [0.4, 0.5) is 0 Å². The molecular weight excluding hydrogens is 366 g/mol. The van der Waals surface area contributed by atoms with E-state index in [1.165, 1.54) is 20.8 Å². The van der Waals surface area contributed by atoms with Gasteiger partial charge in [0.05, 0.1) is 12.1 Å². The Bertz CT molecular complexity index is 677. The smallest absolute Gasteiger partial charge is 0.344 e. The van der Waals surface area contributed by atoms with Crippen LogP contribution in [0, 0.1) is 0 Å². The maximum absolute atomic E-state index is 12.5. The number of esters is 2. The lowest BCUT2D eigenvalue weighted by Crippen LogP contribution is -2.63. The first-order valence-electron chi connectivity index (χ1n) is 9.50. The molecule has 0 aromatic rings. The van der Waals surface area contributed by atoms with Gasteiger partial charge in [0.2, 0.25) is 5.60 Å². The number of rotatable bonds is 7. The predicted molar refractivity (Wildman–Crippen MR) is 101 cm³/mol. The van der Waals surface area contributed by atoms with E-state index < -0.39 is 23.3 Å². The molecule has 0 aliphatic carbocycles. The van der Waals surface area contributed by atoms with Gasteiger partial charge in [0.15, 0.2) is 0 Å².